The summed E-state index contributed by atoms with van der Waals surface area (Å²) in [6.07, 6.45) is 12.0. The van der Waals surface area contributed by atoms with Crippen molar-refractivity contribution in [2.45, 2.75) is 48.7 Å². The number of benzene rings is 1. The van der Waals surface area contributed by atoms with Gasteiger partial charge in [0.25, 0.3) is 0 Å². The summed E-state index contributed by atoms with van der Waals surface area (Å²) in [7, 11) is -3.46. The first-order valence-electron chi connectivity index (χ1n) is 8.88. The average Bonchev–Trinajstić information content (AvgIpc) is 3.57. The van der Waals surface area contributed by atoms with Gasteiger partial charge in [-0.05, 0) is 36.6 Å². The van der Waals surface area contributed by atoms with Gasteiger partial charge in [-0.2, -0.15) is 10.2 Å². The number of carbonyl (C=O) groups is 1. The van der Waals surface area contributed by atoms with E-state index in [0.717, 1.165) is 18.4 Å². The third-order valence-electron chi connectivity index (χ3n) is 4.39. The number of nitrogens with zero attached hydrogens (tertiary/aromatic N) is 2. The van der Waals surface area contributed by atoms with Crippen LogP contribution in [0.1, 0.15) is 37.7 Å². The zero-order valence-electron chi connectivity index (χ0n) is 14.9. The average molecular weight is 386 g/mol. The van der Waals surface area contributed by atoms with E-state index in [0.29, 0.717) is 25.8 Å². The fraction of sp³-hybridized carbons (Fsp3) is 0.421. The number of nitrogens with one attached hydrogen (secondary N) is 2. The molecule has 2 aliphatic rings. The normalized spacial score (nSPS) is 17.6. The lowest BCUT2D eigenvalue weighted by molar-refractivity contribution is -0.116. The first kappa shape index (κ1) is 19.3. The molecular formula is C19H22N4O3S. The summed E-state index contributed by atoms with van der Waals surface area (Å²) in [5.41, 5.74) is 0.340. The fourth-order valence-corrected chi connectivity index (χ4v) is 3.84. The molecule has 0 saturated heterocycles. The van der Waals surface area contributed by atoms with Crippen LogP contribution in [0.25, 0.3) is 6.08 Å². The summed E-state index contributed by atoms with van der Waals surface area (Å²) >= 11 is 0. The molecule has 0 spiro atoms. The molecule has 8 heteroatoms. The number of amides is 1. The Morgan fingerprint density at radius 3 is 2.56 bits per heavy atom. The summed E-state index contributed by atoms with van der Waals surface area (Å²) in [4.78, 5) is 12.1. The van der Waals surface area contributed by atoms with Crippen LogP contribution >= 0.6 is 0 Å². The zero-order chi connectivity index (χ0) is 19.3. The van der Waals surface area contributed by atoms with Crippen molar-refractivity contribution >= 4 is 22.0 Å². The third kappa shape index (κ3) is 5.74. The minimum Gasteiger partial charge on any atom is -0.352 e. The summed E-state index contributed by atoms with van der Waals surface area (Å²) in [5.74, 6) is 2.34. The maximum atomic E-state index is 12.1. The highest BCUT2D eigenvalue weighted by Gasteiger charge is 2.38. The highest BCUT2D eigenvalue weighted by Crippen LogP contribution is 2.36. The van der Waals surface area contributed by atoms with Crippen molar-refractivity contribution < 1.29 is 13.2 Å². The lowest BCUT2D eigenvalue weighted by Crippen LogP contribution is -2.26. The van der Waals surface area contributed by atoms with Crippen molar-refractivity contribution in [3.8, 4) is 12.3 Å². The zero-order valence-corrected chi connectivity index (χ0v) is 15.7. The number of rotatable bonds is 10. The van der Waals surface area contributed by atoms with Crippen molar-refractivity contribution in [2.75, 3.05) is 6.54 Å². The van der Waals surface area contributed by atoms with Crippen molar-refractivity contribution in [1.82, 2.24) is 10.0 Å². The van der Waals surface area contributed by atoms with E-state index >= 15 is 0 Å². The van der Waals surface area contributed by atoms with E-state index in [1.165, 1.54) is 18.2 Å². The molecule has 2 N–H and O–H groups in total. The van der Waals surface area contributed by atoms with Gasteiger partial charge in [0.15, 0.2) is 5.66 Å². The number of hydrogen-bond acceptors (Lipinski definition) is 5. The quantitative estimate of drug-likeness (QED) is 0.476. The molecule has 3 rings (SSSR count). The van der Waals surface area contributed by atoms with Crippen molar-refractivity contribution in [1.29, 1.82) is 0 Å². The van der Waals surface area contributed by atoms with Gasteiger partial charge in [0.2, 0.25) is 15.9 Å². The van der Waals surface area contributed by atoms with Crippen LogP contribution in [0.15, 0.2) is 45.5 Å². The Kier molecular flexibility index (Phi) is 5.73. The molecule has 0 bridgehead atoms. The molecule has 0 radical (unpaired) electrons. The summed E-state index contributed by atoms with van der Waals surface area (Å²) in [6, 6.07) is 6.48. The minimum atomic E-state index is -3.46. The van der Waals surface area contributed by atoms with Gasteiger partial charge in [0.05, 0.1) is 4.90 Å². The van der Waals surface area contributed by atoms with Crippen LogP contribution in [-0.2, 0) is 14.8 Å². The van der Waals surface area contributed by atoms with Crippen molar-refractivity contribution in [3.05, 3.63) is 35.9 Å². The monoisotopic (exact) mass is 386 g/mol. The summed E-state index contributed by atoms with van der Waals surface area (Å²) in [6.45, 7) is 0.463. The van der Waals surface area contributed by atoms with Gasteiger partial charge in [0, 0.05) is 37.9 Å². The second-order valence-electron chi connectivity index (χ2n) is 6.73. The minimum absolute atomic E-state index is 0.0696. The van der Waals surface area contributed by atoms with Crippen molar-refractivity contribution in [2.24, 2.45) is 10.2 Å². The molecule has 1 aliphatic heterocycles. The van der Waals surface area contributed by atoms with E-state index in [9.17, 15) is 13.2 Å². The van der Waals surface area contributed by atoms with E-state index in [2.05, 4.69) is 26.2 Å². The highest BCUT2D eigenvalue weighted by molar-refractivity contribution is 7.89. The molecule has 1 aromatic rings. The van der Waals surface area contributed by atoms with Gasteiger partial charge in [-0.25, -0.2) is 13.1 Å². The lowest BCUT2D eigenvalue weighted by atomic mass is 10.0. The first-order valence-corrected chi connectivity index (χ1v) is 10.4. The van der Waals surface area contributed by atoms with Crippen LogP contribution in [0.3, 0.4) is 0 Å². The molecule has 1 aliphatic carbocycles. The van der Waals surface area contributed by atoms with Crippen molar-refractivity contribution in [3.63, 3.8) is 0 Å². The summed E-state index contributed by atoms with van der Waals surface area (Å²) in [5, 5.41) is 10.8. The number of carbonyl (C=O) groups excluding carboxylic acids is 1. The van der Waals surface area contributed by atoms with E-state index in [1.54, 1.807) is 18.2 Å². The highest BCUT2D eigenvalue weighted by atomic mass is 32.2. The van der Waals surface area contributed by atoms with Crippen LogP contribution in [0.4, 0.5) is 0 Å². The van der Waals surface area contributed by atoms with Gasteiger partial charge in [-0.1, -0.05) is 12.1 Å². The predicted molar refractivity (Wildman–Crippen MR) is 102 cm³/mol. The Balaban J connectivity index is 1.45. The van der Waals surface area contributed by atoms with Gasteiger partial charge in [-0.3, -0.25) is 4.79 Å². The summed E-state index contributed by atoms with van der Waals surface area (Å²) < 4.78 is 26.9. The van der Waals surface area contributed by atoms with Crippen LogP contribution in [0, 0.1) is 12.3 Å². The molecular weight excluding hydrogens is 364 g/mol. The smallest absolute Gasteiger partial charge is 0.244 e. The molecule has 1 heterocycles. The Morgan fingerprint density at radius 2 is 1.96 bits per heavy atom. The van der Waals surface area contributed by atoms with Gasteiger partial charge in [-0.15, -0.1) is 12.3 Å². The molecule has 7 nitrogen and oxygen atoms in total. The van der Waals surface area contributed by atoms with E-state index in [1.807, 2.05) is 0 Å². The first-order chi connectivity index (χ1) is 12.9. The lowest BCUT2D eigenvalue weighted by Gasteiger charge is -2.08. The molecule has 1 aromatic carbocycles. The number of sulfonamides is 1. The Hall–Kier alpha value is -2.50. The van der Waals surface area contributed by atoms with E-state index in [-0.39, 0.29) is 16.8 Å². The Labute approximate surface area is 159 Å². The topological polar surface area (TPSA) is 100.0 Å². The molecule has 142 valence electrons. The molecule has 1 amide bonds. The number of hydrogen-bond donors (Lipinski definition) is 2. The van der Waals surface area contributed by atoms with Gasteiger partial charge in [0.1, 0.15) is 0 Å². The molecule has 0 atom stereocenters. The molecule has 0 unspecified atom stereocenters. The van der Waals surface area contributed by atoms with Crippen LogP contribution in [0.5, 0.6) is 0 Å². The Morgan fingerprint density at radius 1 is 1.26 bits per heavy atom. The predicted octanol–water partition coefficient (Wildman–Crippen LogP) is 2.22. The van der Waals surface area contributed by atoms with E-state index in [4.69, 9.17) is 6.42 Å². The van der Waals surface area contributed by atoms with Crippen LogP contribution in [-0.4, -0.2) is 32.6 Å². The third-order valence-corrected chi connectivity index (χ3v) is 5.93. The van der Waals surface area contributed by atoms with E-state index < -0.39 is 15.7 Å². The molecule has 1 saturated carbocycles. The maximum Gasteiger partial charge on any atom is 0.244 e. The van der Waals surface area contributed by atoms with Crippen LogP contribution in [0.2, 0.25) is 0 Å². The second kappa shape index (κ2) is 8.03. The fourth-order valence-electron chi connectivity index (χ4n) is 2.53. The SMILES string of the molecule is C#CCCC1(CCNC(=O)/C=C/c2ccc(S(=O)(=O)NC3CC3)cc2)N=N1. The Bertz CT molecular complexity index is 888. The number of terminal acetylenes is 1. The molecule has 0 aromatic heterocycles. The van der Waals surface area contributed by atoms with Crippen LogP contribution < -0.4 is 10.0 Å². The van der Waals surface area contributed by atoms with Gasteiger partial charge < -0.3 is 5.32 Å². The molecule has 1 fully saturated rings. The van der Waals surface area contributed by atoms with Gasteiger partial charge >= 0.3 is 0 Å². The second-order valence-corrected chi connectivity index (χ2v) is 8.44. The maximum absolute atomic E-state index is 12.1. The largest absolute Gasteiger partial charge is 0.352 e. The standard InChI is InChI=1S/C19H22N4O3S/c1-2-3-12-19(22-23-19)13-14-20-18(24)11-6-15-4-9-17(10-5-15)27(25,26)21-16-7-8-16/h1,4-6,9-11,16,21H,3,7-8,12-14H2,(H,20,24)/b11-6+. The molecule has 27 heavy (non-hydrogen) atoms.